The van der Waals surface area contributed by atoms with E-state index in [4.69, 9.17) is 75.5 Å². The van der Waals surface area contributed by atoms with Crippen molar-refractivity contribution in [1.82, 2.24) is 5.32 Å². The standard InChI is InChI=1S/C19H43NO10P2Si.C10H20O8/c1-4-28-33(29-5-2,30-6-3)17-7-8-20-18(21)19(24-13-9-22-11-15-26-31)25-14-10-23-12-16-27-32;11-1-3-15-5-7-17-10(9(13)14)18-8-6-16-4-2-12/h19H,4-17,31-32H2,1-3H3,(H,20,21);10-12H,1-8H2,(H,13,14). The first-order valence-corrected chi connectivity index (χ1v) is 19.7. The van der Waals surface area contributed by atoms with Gasteiger partial charge in [-0.2, -0.15) is 0 Å². The maximum Gasteiger partial charge on any atom is 0.500 e. The van der Waals surface area contributed by atoms with E-state index >= 15 is 0 Å². The summed E-state index contributed by atoms with van der Waals surface area (Å²) < 4.78 is 68.7. The van der Waals surface area contributed by atoms with E-state index in [1.165, 1.54) is 0 Å². The van der Waals surface area contributed by atoms with Crippen LogP contribution in [0.25, 0.3) is 0 Å². The molecule has 1 amide bonds. The van der Waals surface area contributed by atoms with Crippen LogP contribution in [0, 0.1) is 0 Å². The van der Waals surface area contributed by atoms with Gasteiger partial charge < -0.3 is 80.9 Å². The molecule has 0 heterocycles. The molecule has 0 saturated heterocycles. The molecule has 2 unspecified atom stereocenters. The number of aliphatic hydroxyl groups excluding tert-OH is 2. The molecule has 0 aromatic carbocycles. The van der Waals surface area contributed by atoms with E-state index in [1.807, 2.05) is 20.8 Å². The smallest absolute Gasteiger partial charge is 0.477 e. The summed E-state index contributed by atoms with van der Waals surface area (Å²) in [6.07, 6.45) is -1.80. The Morgan fingerprint density at radius 3 is 1.31 bits per heavy atom. The minimum absolute atomic E-state index is 0.0501. The van der Waals surface area contributed by atoms with Crippen LogP contribution in [0.2, 0.25) is 6.04 Å². The second kappa shape index (κ2) is 40.6. The molecule has 0 fully saturated rings. The van der Waals surface area contributed by atoms with E-state index in [0.717, 1.165) is 0 Å². The third kappa shape index (κ3) is 33.7. The van der Waals surface area contributed by atoms with Gasteiger partial charge in [0.05, 0.1) is 106 Å². The van der Waals surface area contributed by atoms with Gasteiger partial charge in [0.15, 0.2) is 0 Å². The number of rotatable bonds is 38. The van der Waals surface area contributed by atoms with E-state index in [0.29, 0.717) is 78.5 Å². The van der Waals surface area contributed by atoms with Crippen LogP contribution in [0.4, 0.5) is 0 Å². The number of carboxylic acid groups (broad SMARTS) is 1. The van der Waals surface area contributed by atoms with Crippen LogP contribution in [0.5, 0.6) is 0 Å². The lowest BCUT2D eigenvalue weighted by atomic mass is 10.4. The fourth-order valence-electron chi connectivity index (χ4n) is 3.60. The fourth-order valence-corrected chi connectivity index (χ4v) is 6.40. The van der Waals surface area contributed by atoms with Crippen molar-refractivity contribution >= 4 is 39.6 Å². The summed E-state index contributed by atoms with van der Waals surface area (Å²) >= 11 is 0. The lowest BCUT2D eigenvalue weighted by Crippen LogP contribution is -2.47. The molecule has 19 nitrogen and oxygen atoms in total. The summed E-state index contributed by atoms with van der Waals surface area (Å²) in [5.74, 6) is -1.60. The zero-order valence-corrected chi connectivity index (χ0v) is 33.6. The van der Waals surface area contributed by atoms with Crippen LogP contribution in [0.15, 0.2) is 0 Å². The quantitative estimate of drug-likeness (QED) is 0.0279. The maximum atomic E-state index is 12.6. The van der Waals surface area contributed by atoms with Gasteiger partial charge in [-0.3, -0.25) is 4.79 Å². The summed E-state index contributed by atoms with van der Waals surface area (Å²) in [7, 11) is 1.58. The molecule has 0 aromatic heterocycles. The fraction of sp³-hybridized carbons (Fsp3) is 0.931. The van der Waals surface area contributed by atoms with Gasteiger partial charge in [-0.1, -0.05) is 0 Å². The number of hydrogen-bond donors (Lipinski definition) is 4. The summed E-state index contributed by atoms with van der Waals surface area (Å²) in [5.41, 5.74) is 0. The van der Waals surface area contributed by atoms with Crippen LogP contribution in [-0.4, -0.2) is 181 Å². The van der Waals surface area contributed by atoms with Gasteiger partial charge in [-0.05, 0) is 27.2 Å². The summed E-state index contributed by atoms with van der Waals surface area (Å²) in [5, 5.41) is 28.5. The van der Waals surface area contributed by atoms with E-state index in [2.05, 4.69) is 24.3 Å². The average molecular weight is 804 g/mol. The Balaban J connectivity index is 0. The molecule has 0 saturated carbocycles. The Kier molecular flexibility index (Phi) is 41.8. The van der Waals surface area contributed by atoms with Crippen molar-refractivity contribution in [3.63, 3.8) is 0 Å². The van der Waals surface area contributed by atoms with E-state index in [1.54, 1.807) is 0 Å². The predicted molar refractivity (Wildman–Crippen MR) is 191 cm³/mol. The van der Waals surface area contributed by atoms with Gasteiger partial charge in [0.1, 0.15) is 0 Å². The van der Waals surface area contributed by atoms with E-state index < -0.39 is 27.4 Å². The molecule has 0 aliphatic heterocycles. The number of carbonyl (C=O) groups excluding carboxylic acids is 1. The topological polar surface area (TPSA) is 227 Å². The van der Waals surface area contributed by atoms with Gasteiger partial charge in [-0.25, -0.2) is 4.79 Å². The number of aliphatic hydroxyl groups is 2. The van der Waals surface area contributed by atoms with Crippen LogP contribution in [0.3, 0.4) is 0 Å². The van der Waals surface area contributed by atoms with Crippen molar-refractivity contribution in [3.05, 3.63) is 0 Å². The molecule has 22 heteroatoms. The first-order chi connectivity index (χ1) is 24.8. The maximum absolute atomic E-state index is 12.6. The lowest BCUT2D eigenvalue weighted by Gasteiger charge is -2.28. The third-order valence-corrected chi connectivity index (χ3v) is 9.24. The van der Waals surface area contributed by atoms with Gasteiger partial charge in [-0.15, -0.1) is 0 Å². The van der Waals surface area contributed by atoms with E-state index in [-0.39, 0.29) is 72.0 Å². The van der Waals surface area contributed by atoms with Crippen molar-refractivity contribution in [2.45, 2.75) is 45.8 Å². The summed E-state index contributed by atoms with van der Waals surface area (Å²) in [4.78, 5) is 23.3. The second-order valence-corrected chi connectivity index (χ2v) is 12.9. The molecule has 51 heavy (non-hydrogen) atoms. The number of ether oxygens (including phenoxy) is 8. The molecule has 0 rings (SSSR count). The van der Waals surface area contributed by atoms with E-state index in [9.17, 15) is 9.59 Å². The molecule has 0 aromatic rings. The highest BCUT2D eigenvalue weighted by atomic mass is 31.0. The van der Waals surface area contributed by atoms with Gasteiger partial charge in [0, 0.05) is 51.3 Å². The minimum atomic E-state index is -2.74. The first-order valence-electron chi connectivity index (χ1n) is 16.9. The Labute approximate surface area is 307 Å². The largest absolute Gasteiger partial charge is 0.500 e. The molecule has 0 radical (unpaired) electrons. The molecular weight excluding hydrogens is 740 g/mol. The molecule has 306 valence electrons. The van der Waals surface area contributed by atoms with Crippen molar-refractivity contribution in [3.8, 4) is 0 Å². The van der Waals surface area contributed by atoms with Crippen LogP contribution in [-0.2, 0) is 69.8 Å². The Bertz CT molecular complexity index is 723. The number of nitrogens with one attached hydrogen (secondary N) is 1. The number of hydrogen-bond acceptors (Lipinski definition) is 17. The number of amides is 1. The SMILES string of the molecule is CCO[Si](CCCNC(=O)C(OCCOCCOP)OCCOCCOP)(OCC)OCC.O=C(O)C(OCCOCCO)OCCOCCO. The summed E-state index contributed by atoms with van der Waals surface area (Å²) in [6.45, 7) is 11.1. The lowest BCUT2D eigenvalue weighted by molar-refractivity contribution is -0.194. The molecule has 0 aliphatic rings. The molecule has 0 spiro atoms. The van der Waals surface area contributed by atoms with Crippen LogP contribution in [0.1, 0.15) is 27.2 Å². The highest BCUT2D eigenvalue weighted by Crippen LogP contribution is 2.17. The number of carbonyl (C=O) groups is 2. The highest BCUT2D eigenvalue weighted by molar-refractivity contribution is 7.10. The van der Waals surface area contributed by atoms with Gasteiger partial charge >= 0.3 is 14.8 Å². The zero-order chi connectivity index (χ0) is 38.3. The second-order valence-electron chi connectivity index (χ2n) is 9.50. The predicted octanol–water partition coefficient (Wildman–Crippen LogP) is -0.00490. The molecule has 0 aliphatic carbocycles. The average Bonchev–Trinajstić information content (AvgIpc) is 3.11. The molecule has 4 N–H and O–H groups in total. The van der Waals surface area contributed by atoms with Crippen molar-refractivity contribution < 1.29 is 85.1 Å². The van der Waals surface area contributed by atoms with Gasteiger partial charge in [0.25, 0.3) is 12.2 Å². The Morgan fingerprint density at radius 1 is 0.588 bits per heavy atom. The summed E-state index contributed by atoms with van der Waals surface area (Å²) in [6, 6.07) is 0.604. The normalized spacial score (nSPS) is 11.6. The van der Waals surface area contributed by atoms with Crippen molar-refractivity contribution in [2.24, 2.45) is 0 Å². The minimum Gasteiger partial charge on any atom is -0.477 e. The highest BCUT2D eigenvalue weighted by Gasteiger charge is 2.39. The Morgan fingerprint density at radius 2 is 0.961 bits per heavy atom. The zero-order valence-electron chi connectivity index (χ0n) is 30.3. The van der Waals surface area contributed by atoms with Gasteiger partial charge in [0.2, 0.25) is 6.29 Å². The van der Waals surface area contributed by atoms with Crippen LogP contribution >= 0.6 is 18.9 Å². The molecule has 2 atom stereocenters. The number of aliphatic carboxylic acids is 1. The monoisotopic (exact) mass is 803 g/mol. The molecule has 0 bridgehead atoms. The van der Waals surface area contributed by atoms with Crippen molar-refractivity contribution in [1.29, 1.82) is 0 Å². The third-order valence-electron chi connectivity index (χ3n) is 5.62. The first kappa shape index (κ1) is 52.5. The number of carboxylic acids is 1. The molecular formula is C29H63NO18P2Si. The van der Waals surface area contributed by atoms with Crippen LogP contribution < -0.4 is 5.32 Å². The van der Waals surface area contributed by atoms with Crippen molar-refractivity contribution in [2.75, 3.05) is 132 Å². The Hall–Kier alpha value is -0.583.